The predicted octanol–water partition coefficient (Wildman–Crippen LogP) is 3.07. The maximum absolute atomic E-state index is 12.1. The number of pyridine rings is 1. The zero-order valence-corrected chi connectivity index (χ0v) is 15.0. The summed E-state index contributed by atoms with van der Waals surface area (Å²) in [6.45, 7) is 3.93. The SMILES string of the molecule is CCC(C)C(N)C(=O)Nc1cccc(NC(=O)c2ccncc2)c1.Cl. The molecule has 1 heterocycles. The number of benzene rings is 1. The average Bonchev–Trinajstić information content (AvgIpc) is 2.61. The van der Waals surface area contributed by atoms with Crippen LogP contribution in [0.25, 0.3) is 0 Å². The van der Waals surface area contributed by atoms with Gasteiger partial charge in [0, 0.05) is 29.3 Å². The smallest absolute Gasteiger partial charge is 0.255 e. The molecule has 2 unspecified atom stereocenters. The van der Waals surface area contributed by atoms with Crippen molar-refractivity contribution in [1.29, 1.82) is 0 Å². The van der Waals surface area contributed by atoms with Crippen molar-refractivity contribution >= 4 is 35.6 Å². The van der Waals surface area contributed by atoms with Crippen LogP contribution in [0.2, 0.25) is 0 Å². The Morgan fingerprint density at radius 3 is 2.32 bits per heavy atom. The summed E-state index contributed by atoms with van der Waals surface area (Å²) in [6, 6.07) is 9.66. The third-order valence-electron chi connectivity index (χ3n) is 3.89. The van der Waals surface area contributed by atoms with Crippen LogP contribution in [0.4, 0.5) is 11.4 Å². The normalized spacial score (nSPS) is 12.4. The van der Waals surface area contributed by atoms with E-state index in [1.54, 1.807) is 48.8 Å². The van der Waals surface area contributed by atoms with Gasteiger partial charge in [0.05, 0.1) is 6.04 Å². The van der Waals surface area contributed by atoms with Crippen molar-refractivity contribution in [2.75, 3.05) is 10.6 Å². The predicted molar refractivity (Wildman–Crippen MR) is 102 cm³/mol. The molecule has 1 aromatic heterocycles. The molecule has 0 spiro atoms. The van der Waals surface area contributed by atoms with Crippen molar-refractivity contribution in [2.45, 2.75) is 26.3 Å². The Bertz CT molecular complexity index is 709. The molecule has 0 saturated heterocycles. The summed E-state index contributed by atoms with van der Waals surface area (Å²) in [5.74, 6) is -0.376. The van der Waals surface area contributed by atoms with E-state index in [0.29, 0.717) is 16.9 Å². The van der Waals surface area contributed by atoms with Gasteiger partial charge in [-0.15, -0.1) is 12.4 Å². The first-order chi connectivity index (χ1) is 11.5. The number of nitrogens with zero attached hydrogens (tertiary/aromatic N) is 1. The number of amides is 2. The van der Waals surface area contributed by atoms with Gasteiger partial charge in [-0.05, 0) is 36.2 Å². The molecule has 2 aromatic rings. The first-order valence-corrected chi connectivity index (χ1v) is 7.89. The lowest BCUT2D eigenvalue weighted by molar-refractivity contribution is -0.118. The molecule has 1 aromatic carbocycles. The summed E-state index contributed by atoms with van der Waals surface area (Å²) < 4.78 is 0. The molecule has 2 atom stereocenters. The van der Waals surface area contributed by atoms with Crippen molar-refractivity contribution in [1.82, 2.24) is 4.98 Å². The Morgan fingerprint density at radius 1 is 1.12 bits per heavy atom. The van der Waals surface area contributed by atoms with Crippen molar-refractivity contribution in [2.24, 2.45) is 11.7 Å². The Kier molecular flexibility index (Phi) is 8.04. The molecule has 2 amide bonds. The molecule has 0 aliphatic carbocycles. The second kappa shape index (κ2) is 9.76. The van der Waals surface area contributed by atoms with E-state index in [1.165, 1.54) is 0 Å². The maximum atomic E-state index is 12.1. The molecule has 25 heavy (non-hydrogen) atoms. The number of halogens is 1. The number of rotatable bonds is 6. The van der Waals surface area contributed by atoms with E-state index < -0.39 is 6.04 Å². The van der Waals surface area contributed by atoms with Crippen LogP contribution in [-0.4, -0.2) is 22.8 Å². The summed E-state index contributed by atoms with van der Waals surface area (Å²) >= 11 is 0. The molecule has 7 heteroatoms. The molecule has 2 rings (SSSR count). The van der Waals surface area contributed by atoms with Gasteiger partial charge in [-0.1, -0.05) is 26.3 Å². The van der Waals surface area contributed by atoms with Gasteiger partial charge in [0.1, 0.15) is 0 Å². The van der Waals surface area contributed by atoms with Crippen LogP contribution in [-0.2, 0) is 4.79 Å². The Balaban J connectivity index is 0.00000312. The van der Waals surface area contributed by atoms with Crippen LogP contribution >= 0.6 is 12.4 Å². The second-order valence-electron chi connectivity index (χ2n) is 5.67. The molecule has 0 saturated carbocycles. The fourth-order valence-electron chi connectivity index (χ4n) is 2.12. The van der Waals surface area contributed by atoms with Crippen molar-refractivity contribution in [3.63, 3.8) is 0 Å². The number of anilines is 2. The summed E-state index contributed by atoms with van der Waals surface area (Å²) in [5, 5.41) is 5.57. The summed E-state index contributed by atoms with van der Waals surface area (Å²) in [4.78, 5) is 28.2. The summed E-state index contributed by atoms with van der Waals surface area (Å²) in [7, 11) is 0. The first-order valence-electron chi connectivity index (χ1n) is 7.89. The lowest BCUT2D eigenvalue weighted by Crippen LogP contribution is -2.40. The van der Waals surface area contributed by atoms with E-state index in [9.17, 15) is 9.59 Å². The highest BCUT2D eigenvalue weighted by Gasteiger charge is 2.19. The second-order valence-corrected chi connectivity index (χ2v) is 5.67. The lowest BCUT2D eigenvalue weighted by Gasteiger charge is -2.18. The fourth-order valence-corrected chi connectivity index (χ4v) is 2.12. The van der Waals surface area contributed by atoms with Gasteiger partial charge in [0.15, 0.2) is 0 Å². The van der Waals surface area contributed by atoms with Gasteiger partial charge in [-0.3, -0.25) is 14.6 Å². The van der Waals surface area contributed by atoms with E-state index in [0.717, 1.165) is 6.42 Å². The van der Waals surface area contributed by atoms with Gasteiger partial charge in [0.25, 0.3) is 5.91 Å². The van der Waals surface area contributed by atoms with Crippen LogP contribution in [0.3, 0.4) is 0 Å². The first kappa shape index (κ1) is 20.6. The standard InChI is InChI=1S/C18H22N4O2.ClH/c1-3-12(2)16(19)18(24)22-15-6-4-5-14(11-15)21-17(23)13-7-9-20-10-8-13;/h4-12,16H,3,19H2,1-2H3,(H,21,23)(H,22,24);1H. The number of nitrogens with one attached hydrogen (secondary N) is 2. The topological polar surface area (TPSA) is 97.1 Å². The van der Waals surface area contributed by atoms with Gasteiger partial charge in [-0.25, -0.2) is 0 Å². The van der Waals surface area contributed by atoms with E-state index >= 15 is 0 Å². The highest BCUT2D eigenvalue weighted by atomic mass is 35.5. The Labute approximate surface area is 153 Å². The Morgan fingerprint density at radius 2 is 1.72 bits per heavy atom. The minimum absolute atomic E-state index is 0. The van der Waals surface area contributed by atoms with Gasteiger partial charge < -0.3 is 16.4 Å². The quantitative estimate of drug-likeness (QED) is 0.735. The molecule has 0 aliphatic heterocycles. The number of nitrogens with two attached hydrogens (primary N) is 1. The molecule has 4 N–H and O–H groups in total. The number of hydrogen-bond donors (Lipinski definition) is 3. The molecular formula is C18H23ClN4O2. The van der Waals surface area contributed by atoms with Crippen LogP contribution in [0.5, 0.6) is 0 Å². The molecule has 134 valence electrons. The largest absolute Gasteiger partial charge is 0.325 e. The summed E-state index contributed by atoms with van der Waals surface area (Å²) in [5.41, 5.74) is 7.62. The van der Waals surface area contributed by atoms with Gasteiger partial charge in [-0.2, -0.15) is 0 Å². The number of aromatic nitrogens is 1. The zero-order valence-electron chi connectivity index (χ0n) is 14.2. The van der Waals surface area contributed by atoms with Crippen LogP contribution in [0.15, 0.2) is 48.8 Å². The third kappa shape index (κ3) is 5.85. The van der Waals surface area contributed by atoms with Crippen molar-refractivity contribution in [3.05, 3.63) is 54.4 Å². The minimum atomic E-state index is -0.565. The number of carbonyl (C=O) groups is 2. The highest BCUT2D eigenvalue weighted by Crippen LogP contribution is 2.17. The molecule has 0 bridgehead atoms. The van der Waals surface area contributed by atoms with Gasteiger partial charge >= 0.3 is 0 Å². The van der Waals surface area contributed by atoms with E-state index in [4.69, 9.17) is 5.73 Å². The molecular weight excluding hydrogens is 340 g/mol. The van der Waals surface area contributed by atoms with Crippen molar-refractivity contribution in [3.8, 4) is 0 Å². The van der Waals surface area contributed by atoms with E-state index in [1.807, 2.05) is 13.8 Å². The van der Waals surface area contributed by atoms with Crippen molar-refractivity contribution < 1.29 is 9.59 Å². The maximum Gasteiger partial charge on any atom is 0.255 e. The average molecular weight is 363 g/mol. The molecule has 0 fully saturated rings. The zero-order chi connectivity index (χ0) is 17.5. The fraction of sp³-hybridized carbons (Fsp3) is 0.278. The molecule has 6 nitrogen and oxygen atoms in total. The number of carbonyl (C=O) groups excluding carboxylic acids is 2. The summed E-state index contributed by atoms with van der Waals surface area (Å²) in [6.07, 6.45) is 3.94. The van der Waals surface area contributed by atoms with E-state index in [-0.39, 0.29) is 30.1 Å². The number of hydrogen-bond acceptors (Lipinski definition) is 4. The van der Waals surface area contributed by atoms with Crippen LogP contribution < -0.4 is 16.4 Å². The van der Waals surface area contributed by atoms with Gasteiger partial charge in [0.2, 0.25) is 5.91 Å². The van der Waals surface area contributed by atoms with E-state index in [2.05, 4.69) is 15.6 Å². The van der Waals surface area contributed by atoms with Crippen LogP contribution in [0.1, 0.15) is 30.6 Å². The highest BCUT2D eigenvalue weighted by molar-refractivity contribution is 6.04. The minimum Gasteiger partial charge on any atom is -0.325 e. The lowest BCUT2D eigenvalue weighted by atomic mass is 9.99. The molecule has 0 radical (unpaired) electrons. The monoisotopic (exact) mass is 362 g/mol. The van der Waals surface area contributed by atoms with Crippen LogP contribution in [0, 0.1) is 5.92 Å². The third-order valence-corrected chi connectivity index (χ3v) is 3.89. The molecule has 0 aliphatic rings. The Hall–Kier alpha value is -2.44.